The van der Waals surface area contributed by atoms with E-state index in [9.17, 15) is 13.2 Å². The molecule has 9 nitrogen and oxygen atoms in total. The monoisotopic (exact) mass is 403 g/mol. The zero-order valence-corrected chi connectivity index (χ0v) is 16.4. The molecule has 0 bridgehead atoms. The number of amides is 1. The predicted octanol–water partition coefficient (Wildman–Crippen LogP) is 0.472. The zero-order valence-electron chi connectivity index (χ0n) is 14.7. The number of aryl methyl sites for hydroxylation is 1. The Morgan fingerprint density at radius 1 is 1.38 bits per heavy atom. The molecule has 1 unspecified atom stereocenters. The van der Waals surface area contributed by atoms with Crippen LogP contribution in [-0.2, 0) is 17.1 Å². The molecular formula is C15H22ClN5O4S. The molecule has 0 aliphatic carbocycles. The van der Waals surface area contributed by atoms with Crippen LogP contribution >= 0.6 is 12.4 Å². The van der Waals surface area contributed by atoms with Gasteiger partial charge in [-0.25, -0.2) is 17.7 Å². The van der Waals surface area contributed by atoms with Crippen molar-refractivity contribution in [2.24, 2.45) is 7.05 Å². The molecule has 0 radical (unpaired) electrons. The number of carbonyl (C=O) groups excluding carboxylic acids is 1. The Morgan fingerprint density at radius 3 is 2.73 bits per heavy atom. The predicted molar refractivity (Wildman–Crippen MR) is 96.7 cm³/mol. The molecule has 0 spiro atoms. The maximum atomic E-state index is 12.9. The number of aromatic nitrogens is 2. The first-order valence-corrected chi connectivity index (χ1v) is 9.27. The van der Waals surface area contributed by atoms with Crippen molar-refractivity contribution in [1.29, 1.82) is 0 Å². The van der Waals surface area contributed by atoms with Crippen LogP contribution in [0.25, 0.3) is 0 Å². The Hall–Kier alpha value is -1.88. The quantitative estimate of drug-likeness (QED) is 0.796. The van der Waals surface area contributed by atoms with E-state index in [4.69, 9.17) is 4.42 Å². The Balaban J connectivity index is 0.00000243. The average Bonchev–Trinajstić information content (AvgIpc) is 3.23. The number of halogens is 1. The second kappa shape index (κ2) is 7.78. The highest BCUT2D eigenvalue weighted by Gasteiger charge is 2.33. The minimum Gasteiger partial charge on any atom is -0.438 e. The van der Waals surface area contributed by atoms with Crippen LogP contribution in [0.15, 0.2) is 34.0 Å². The lowest BCUT2D eigenvalue weighted by Crippen LogP contribution is -2.49. The van der Waals surface area contributed by atoms with Crippen molar-refractivity contribution in [3.8, 4) is 0 Å². The van der Waals surface area contributed by atoms with Crippen molar-refractivity contribution in [2.45, 2.75) is 11.1 Å². The van der Waals surface area contributed by atoms with Crippen LogP contribution < -0.4 is 5.32 Å². The maximum absolute atomic E-state index is 12.9. The maximum Gasteiger partial charge on any atom is 0.290 e. The first-order chi connectivity index (χ1) is 11.8. The summed E-state index contributed by atoms with van der Waals surface area (Å²) in [6, 6.07) is 2.46. The summed E-state index contributed by atoms with van der Waals surface area (Å²) in [6.07, 6.45) is 3.50. The third kappa shape index (κ3) is 3.63. The number of furan rings is 1. The van der Waals surface area contributed by atoms with Crippen molar-refractivity contribution < 1.29 is 17.6 Å². The van der Waals surface area contributed by atoms with Gasteiger partial charge in [0.2, 0.25) is 5.09 Å². The van der Waals surface area contributed by atoms with Crippen LogP contribution in [0.2, 0.25) is 0 Å². The zero-order chi connectivity index (χ0) is 18.2. The van der Waals surface area contributed by atoms with Gasteiger partial charge in [0.1, 0.15) is 11.9 Å². The molecule has 1 aliphatic rings. The number of carbonyl (C=O) groups is 1. The summed E-state index contributed by atoms with van der Waals surface area (Å²) in [5.41, 5.74) is 0. The smallest absolute Gasteiger partial charge is 0.290 e. The molecule has 11 heteroatoms. The van der Waals surface area contributed by atoms with Gasteiger partial charge >= 0.3 is 0 Å². The van der Waals surface area contributed by atoms with Crippen molar-refractivity contribution in [2.75, 3.05) is 33.7 Å². The Morgan fingerprint density at radius 2 is 2.12 bits per heavy atom. The summed E-state index contributed by atoms with van der Waals surface area (Å²) in [6.45, 7) is 1.70. The van der Waals surface area contributed by atoms with Gasteiger partial charge in [0.15, 0.2) is 5.76 Å². The first-order valence-electron chi connectivity index (χ1n) is 7.83. The third-order valence-electron chi connectivity index (χ3n) is 4.19. The number of imidazole rings is 1. The van der Waals surface area contributed by atoms with Crippen molar-refractivity contribution in [3.05, 3.63) is 36.1 Å². The minimum absolute atomic E-state index is 0. The summed E-state index contributed by atoms with van der Waals surface area (Å²) in [4.78, 5) is 18.9. The molecule has 1 amide bonds. The molecule has 1 N–H and O–H groups in total. The number of hydrogen-bond donors (Lipinski definition) is 1. The Bertz CT molecular complexity index is 876. The molecule has 2 aromatic heterocycles. The van der Waals surface area contributed by atoms with Crippen molar-refractivity contribution in [1.82, 2.24) is 24.1 Å². The molecule has 3 rings (SSSR count). The summed E-state index contributed by atoms with van der Waals surface area (Å²) >= 11 is 0. The SMILES string of the molecule is CN(C)S(=O)(=O)c1ccc(C(=O)N2CCNCC2c2nccn2C)o1.Cl. The normalized spacial score (nSPS) is 18.0. The molecule has 1 fully saturated rings. The molecule has 1 aliphatic heterocycles. The molecular weight excluding hydrogens is 382 g/mol. The number of piperazine rings is 1. The highest BCUT2D eigenvalue weighted by Crippen LogP contribution is 2.25. The molecule has 1 saturated heterocycles. The lowest BCUT2D eigenvalue weighted by atomic mass is 10.1. The number of nitrogens with one attached hydrogen (secondary N) is 1. The van der Waals surface area contributed by atoms with Gasteiger partial charge in [-0.3, -0.25) is 4.79 Å². The fourth-order valence-corrected chi connectivity index (χ4v) is 3.57. The van der Waals surface area contributed by atoms with Gasteiger partial charge in [0.25, 0.3) is 15.9 Å². The van der Waals surface area contributed by atoms with E-state index < -0.39 is 10.0 Å². The molecule has 1 atom stereocenters. The summed E-state index contributed by atoms with van der Waals surface area (Å²) in [5, 5.41) is 3.00. The van der Waals surface area contributed by atoms with Gasteiger partial charge < -0.3 is 19.2 Å². The van der Waals surface area contributed by atoms with Gasteiger partial charge in [0, 0.05) is 53.2 Å². The van der Waals surface area contributed by atoms with Crippen LogP contribution in [0, 0.1) is 0 Å². The van der Waals surface area contributed by atoms with E-state index >= 15 is 0 Å². The number of rotatable bonds is 4. The highest BCUT2D eigenvalue weighted by molar-refractivity contribution is 7.88. The fourth-order valence-electron chi connectivity index (χ4n) is 2.77. The van der Waals surface area contributed by atoms with E-state index in [0.717, 1.165) is 10.1 Å². The van der Waals surface area contributed by atoms with Gasteiger partial charge in [-0.1, -0.05) is 0 Å². The highest BCUT2D eigenvalue weighted by atomic mass is 35.5. The molecule has 26 heavy (non-hydrogen) atoms. The van der Waals surface area contributed by atoms with Crippen LogP contribution in [0.4, 0.5) is 0 Å². The average molecular weight is 404 g/mol. The minimum atomic E-state index is -3.72. The Kier molecular flexibility index (Phi) is 6.12. The number of nitrogens with zero attached hydrogens (tertiary/aromatic N) is 4. The molecule has 3 heterocycles. The lowest BCUT2D eigenvalue weighted by Gasteiger charge is -2.35. The van der Waals surface area contributed by atoms with Gasteiger partial charge in [0.05, 0.1) is 0 Å². The summed E-state index contributed by atoms with van der Waals surface area (Å²) in [5.74, 6) is 0.407. The van der Waals surface area contributed by atoms with Crippen LogP contribution in [0.1, 0.15) is 22.4 Å². The largest absolute Gasteiger partial charge is 0.438 e. The molecule has 2 aromatic rings. The van der Waals surface area contributed by atoms with Gasteiger partial charge in [-0.2, -0.15) is 0 Å². The van der Waals surface area contributed by atoms with Crippen LogP contribution in [-0.4, -0.2) is 66.8 Å². The second-order valence-corrected chi connectivity index (χ2v) is 8.10. The number of sulfonamides is 1. The van der Waals surface area contributed by atoms with Crippen LogP contribution in [0.5, 0.6) is 0 Å². The third-order valence-corrected chi connectivity index (χ3v) is 5.88. The van der Waals surface area contributed by atoms with E-state index in [0.29, 0.717) is 19.6 Å². The van der Waals surface area contributed by atoms with E-state index in [1.807, 2.05) is 17.8 Å². The van der Waals surface area contributed by atoms with E-state index in [2.05, 4.69) is 10.3 Å². The molecule has 144 valence electrons. The fraction of sp³-hybridized carbons (Fsp3) is 0.467. The van der Waals surface area contributed by atoms with Crippen LogP contribution in [0.3, 0.4) is 0 Å². The summed E-state index contributed by atoms with van der Waals surface area (Å²) in [7, 11) is 0.972. The standard InChI is InChI=1S/C15H21N5O4S.ClH/c1-18(2)25(22,23)13-5-4-12(24-13)15(21)20-9-6-16-10-11(20)14-17-7-8-19(14)3;/h4-5,7-8,11,16H,6,9-10H2,1-3H3;1H. The lowest BCUT2D eigenvalue weighted by molar-refractivity contribution is 0.0582. The topological polar surface area (TPSA) is 101 Å². The van der Waals surface area contributed by atoms with Gasteiger partial charge in [-0.15, -0.1) is 12.4 Å². The number of hydrogen-bond acceptors (Lipinski definition) is 6. The van der Waals surface area contributed by atoms with E-state index in [1.165, 1.54) is 26.2 Å². The first kappa shape index (κ1) is 20.4. The van der Waals surface area contributed by atoms with Gasteiger partial charge in [-0.05, 0) is 12.1 Å². The molecule has 0 aromatic carbocycles. The van der Waals surface area contributed by atoms with Crippen molar-refractivity contribution in [3.63, 3.8) is 0 Å². The second-order valence-electron chi connectivity index (χ2n) is 6.02. The molecule has 0 saturated carbocycles. The van der Waals surface area contributed by atoms with Crippen molar-refractivity contribution >= 4 is 28.3 Å². The Labute approximate surface area is 158 Å². The van der Waals surface area contributed by atoms with E-state index in [1.54, 1.807) is 11.1 Å². The van der Waals surface area contributed by atoms with E-state index in [-0.39, 0.29) is 35.2 Å². The summed E-state index contributed by atoms with van der Waals surface area (Å²) < 4.78 is 32.5.